The first-order valence-corrected chi connectivity index (χ1v) is 14.2. The van der Waals surface area contributed by atoms with Gasteiger partial charge in [-0.25, -0.2) is 19.6 Å². The fourth-order valence-corrected chi connectivity index (χ4v) is 4.47. The van der Waals surface area contributed by atoms with E-state index >= 15 is 0 Å². The second kappa shape index (κ2) is 13.1. The van der Waals surface area contributed by atoms with Crippen molar-refractivity contribution in [1.29, 1.82) is 0 Å². The maximum absolute atomic E-state index is 13.3. The fourth-order valence-electron chi connectivity index (χ4n) is 4.09. The van der Waals surface area contributed by atoms with Crippen LogP contribution in [0.15, 0.2) is 85.1 Å². The molecule has 1 N–H and O–H groups in total. The Labute approximate surface area is 266 Å². The molecule has 3 aromatic carbocycles. The van der Waals surface area contributed by atoms with Gasteiger partial charge < -0.3 is 19.2 Å². The van der Waals surface area contributed by atoms with Gasteiger partial charge in [-0.15, -0.1) is 0 Å². The number of esters is 2. The van der Waals surface area contributed by atoms with Gasteiger partial charge in [-0.05, 0) is 48.9 Å². The summed E-state index contributed by atoms with van der Waals surface area (Å²) in [5.41, 5.74) is 2.74. The third kappa shape index (κ3) is 7.50. The van der Waals surface area contributed by atoms with Crippen LogP contribution >= 0.6 is 46.4 Å². The van der Waals surface area contributed by atoms with E-state index < -0.39 is 22.3 Å². The first-order chi connectivity index (χ1) is 20.6. The zero-order valence-corrected chi connectivity index (χ0v) is 25.4. The number of hydrogen-bond acceptors (Lipinski definition) is 7. The van der Waals surface area contributed by atoms with Crippen molar-refractivity contribution >= 4 is 58.3 Å². The van der Waals surface area contributed by atoms with Gasteiger partial charge in [0, 0.05) is 11.3 Å². The maximum Gasteiger partial charge on any atom is 0.366 e. The van der Waals surface area contributed by atoms with Gasteiger partial charge >= 0.3 is 17.9 Å². The standard InChI is InChI=1S/C30H22Cl4N4O5/c1-18-25(28(40)43-29-35-15-24(36-29)27(39)42-17-30(32,33)34)37-26(22-9-5-6-10-23(22)31)38(18)20-11-13-21(14-12-20)41-16-19-7-3-2-4-8-19/h2-15H,16-17H2,1H3,(H,35,36). The maximum atomic E-state index is 13.3. The zero-order chi connectivity index (χ0) is 30.6. The molecule has 0 aliphatic rings. The Morgan fingerprint density at radius 2 is 1.63 bits per heavy atom. The van der Waals surface area contributed by atoms with Crippen molar-refractivity contribution in [3.8, 4) is 28.8 Å². The van der Waals surface area contributed by atoms with E-state index in [4.69, 9.17) is 60.6 Å². The number of aromatic nitrogens is 4. The van der Waals surface area contributed by atoms with Crippen molar-refractivity contribution in [1.82, 2.24) is 19.5 Å². The van der Waals surface area contributed by atoms with Gasteiger partial charge in [-0.1, -0.05) is 88.9 Å². The molecule has 0 saturated carbocycles. The van der Waals surface area contributed by atoms with Gasteiger partial charge in [0.15, 0.2) is 5.69 Å². The smallest absolute Gasteiger partial charge is 0.366 e. The van der Waals surface area contributed by atoms with Crippen LogP contribution in [0.4, 0.5) is 0 Å². The summed E-state index contributed by atoms with van der Waals surface area (Å²) in [6, 6.07) is 24.1. The number of carbonyl (C=O) groups is 2. The van der Waals surface area contributed by atoms with E-state index in [1.807, 2.05) is 60.7 Å². The third-order valence-corrected chi connectivity index (χ3v) is 6.74. The predicted molar refractivity (Wildman–Crippen MR) is 164 cm³/mol. The molecule has 5 rings (SSSR count). The highest BCUT2D eigenvalue weighted by molar-refractivity contribution is 6.67. The molecule has 2 heterocycles. The van der Waals surface area contributed by atoms with Crippen molar-refractivity contribution in [2.45, 2.75) is 17.3 Å². The van der Waals surface area contributed by atoms with Crippen LogP contribution in [0, 0.1) is 6.92 Å². The number of alkyl halides is 3. The highest BCUT2D eigenvalue weighted by Crippen LogP contribution is 2.32. The second-order valence-electron chi connectivity index (χ2n) is 9.14. The van der Waals surface area contributed by atoms with E-state index in [0.717, 1.165) is 11.8 Å². The summed E-state index contributed by atoms with van der Waals surface area (Å²) in [5, 5.41) is 0.445. The number of nitrogens with zero attached hydrogens (tertiary/aromatic N) is 3. The van der Waals surface area contributed by atoms with Crippen molar-refractivity contribution in [2.75, 3.05) is 6.61 Å². The summed E-state index contributed by atoms with van der Waals surface area (Å²) in [6.07, 6.45) is 1.13. The second-order valence-corrected chi connectivity index (χ2v) is 12.1. The molecule has 2 aromatic heterocycles. The van der Waals surface area contributed by atoms with Gasteiger partial charge in [0.05, 0.1) is 16.9 Å². The Kier molecular flexibility index (Phi) is 9.27. The molecule has 0 aliphatic heterocycles. The van der Waals surface area contributed by atoms with Crippen LogP contribution in [-0.4, -0.2) is 41.9 Å². The third-order valence-electron chi connectivity index (χ3n) is 6.09. The molecule has 220 valence electrons. The fraction of sp³-hybridized carbons (Fsp3) is 0.133. The number of hydrogen-bond donors (Lipinski definition) is 1. The Morgan fingerprint density at radius 1 is 0.930 bits per heavy atom. The van der Waals surface area contributed by atoms with Gasteiger partial charge in [-0.2, -0.15) is 0 Å². The molecular weight excluding hydrogens is 638 g/mol. The van der Waals surface area contributed by atoms with Gasteiger partial charge in [-0.3, -0.25) is 4.57 Å². The van der Waals surface area contributed by atoms with Crippen molar-refractivity contribution in [3.63, 3.8) is 0 Å². The Morgan fingerprint density at radius 3 is 2.33 bits per heavy atom. The molecule has 0 unspecified atom stereocenters. The molecule has 13 heteroatoms. The predicted octanol–water partition coefficient (Wildman–Crippen LogP) is 7.55. The van der Waals surface area contributed by atoms with Gasteiger partial charge in [0.1, 0.15) is 30.5 Å². The molecule has 0 spiro atoms. The minimum Gasteiger partial charge on any atom is -0.489 e. The van der Waals surface area contributed by atoms with Crippen LogP contribution in [0.1, 0.15) is 32.2 Å². The number of ether oxygens (including phenoxy) is 3. The summed E-state index contributed by atoms with van der Waals surface area (Å²) in [7, 11) is 0. The molecular formula is C30H22Cl4N4O5. The number of rotatable bonds is 9. The number of halogens is 4. The van der Waals surface area contributed by atoms with Crippen molar-refractivity contribution < 1.29 is 23.8 Å². The lowest BCUT2D eigenvalue weighted by Gasteiger charge is -2.13. The van der Waals surface area contributed by atoms with Crippen molar-refractivity contribution in [3.05, 3.63) is 113 Å². The van der Waals surface area contributed by atoms with Gasteiger partial charge in [0.25, 0.3) is 0 Å². The average molecular weight is 660 g/mol. The van der Waals surface area contributed by atoms with Crippen LogP contribution in [0.5, 0.6) is 11.8 Å². The first-order valence-electron chi connectivity index (χ1n) is 12.7. The van der Waals surface area contributed by atoms with Crippen molar-refractivity contribution in [2.24, 2.45) is 0 Å². The normalized spacial score (nSPS) is 11.3. The first kappa shape index (κ1) is 30.4. The largest absolute Gasteiger partial charge is 0.489 e. The quantitative estimate of drug-likeness (QED) is 0.129. The molecule has 0 saturated heterocycles. The number of aromatic amines is 1. The lowest BCUT2D eigenvalue weighted by molar-refractivity contribution is 0.0503. The average Bonchev–Trinajstić information content (AvgIpc) is 3.60. The lowest BCUT2D eigenvalue weighted by atomic mass is 10.2. The lowest BCUT2D eigenvalue weighted by Crippen LogP contribution is -2.17. The summed E-state index contributed by atoms with van der Waals surface area (Å²) in [5.74, 6) is -0.574. The molecule has 43 heavy (non-hydrogen) atoms. The SMILES string of the molecule is Cc1c(C(=O)Oc2ncc(C(=O)OCC(Cl)(Cl)Cl)[nH]2)nc(-c2ccccc2Cl)n1-c1ccc(OCc2ccccc2)cc1. The topological polar surface area (TPSA) is 108 Å². The Balaban J connectivity index is 1.41. The Bertz CT molecular complexity index is 1750. The van der Waals surface area contributed by atoms with E-state index in [-0.39, 0.29) is 17.4 Å². The van der Waals surface area contributed by atoms with Crippen LogP contribution in [-0.2, 0) is 11.3 Å². The molecule has 0 fully saturated rings. The minimum atomic E-state index is -1.78. The number of carbonyl (C=O) groups excluding carboxylic acids is 2. The highest BCUT2D eigenvalue weighted by atomic mass is 35.6. The molecule has 9 nitrogen and oxygen atoms in total. The van der Waals surface area contributed by atoms with E-state index in [2.05, 4.69) is 15.0 Å². The molecule has 0 atom stereocenters. The number of imidazole rings is 2. The minimum absolute atomic E-state index is 0.0102. The molecule has 0 bridgehead atoms. The number of nitrogens with one attached hydrogen (secondary N) is 1. The Hall–Kier alpha value is -4.02. The summed E-state index contributed by atoms with van der Waals surface area (Å²) in [4.78, 5) is 36.6. The van der Waals surface area contributed by atoms with Gasteiger partial charge in [0.2, 0.25) is 3.79 Å². The van der Waals surface area contributed by atoms with Crippen LogP contribution < -0.4 is 9.47 Å². The van der Waals surface area contributed by atoms with E-state index in [1.54, 1.807) is 29.7 Å². The van der Waals surface area contributed by atoms with E-state index in [1.165, 1.54) is 0 Å². The molecule has 0 aliphatic carbocycles. The monoisotopic (exact) mass is 658 g/mol. The highest BCUT2D eigenvalue weighted by Gasteiger charge is 2.26. The van der Waals surface area contributed by atoms with E-state index in [9.17, 15) is 9.59 Å². The summed E-state index contributed by atoms with van der Waals surface area (Å²) >= 11 is 23.4. The molecule has 0 amide bonds. The number of benzene rings is 3. The van der Waals surface area contributed by atoms with Crippen LogP contribution in [0.25, 0.3) is 17.1 Å². The van der Waals surface area contributed by atoms with Crippen LogP contribution in [0.2, 0.25) is 5.02 Å². The zero-order valence-electron chi connectivity index (χ0n) is 22.4. The summed E-state index contributed by atoms with van der Waals surface area (Å²) in [6.45, 7) is 1.67. The summed E-state index contributed by atoms with van der Waals surface area (Å²) < 4.78 is 16.2. The molecule has 0 radical (unpaired) electrons. The molecule has 5 aromatic rings. The van der Waals surface area contributed by atoms with Crippen LogP contribution in [0.3, 0.4) is 0 Å². The number of H-pyrrole nitrogens is 1. The van der Waals surface area contributed by atoms with E-state index in [0.29, 0.717) is 40.1 Å².